The van der Waals surface area contributed by atoms with Gasteiger partial charge in [-0.15, -0.1) is 0 Å². The van der Waals surface area contributed by atoms with Gasteiger partial charge in [-0.05, 0) is 61.6 Å². The number of anilines is 1. The Morgan fingerprint density at radius 1 is 0.962 bits per heavy atom. The number of carbonyl (C=O) groups excluding carboxylic acids is 1. The number of fused-ring (bicyclic) bond motifs is 3. The maximum Gasteiger partial charge on any atom is 0.255 e. The van der Waals surface area contributed by atoms with Crippen LogP contribution in [-0.2, 0) is 12.8 Å². The fourth-order valence-corrected chi connectivity index (χ4v) is 3.48. The van der Waals surface area contributed by atoms with Crippen LogP contribution in [-0.4, -0.2) is 10.9 Å². The molecule has 2 aromatic carbocycles. The number of aryl methyl sites for hydroxylation is 1. The molecule has 1 aliphatic carbocycles. The van der Waals surface area contributed by atoms with Crippen LogP contribution in [0.5, 0.6) is 0 Å². The molecule has 1 aromatic heterocycles. The van der Waals surface area contributed by atoms with Crippen LogP contribution in [0.15, 0.2) is 41.2 Å². The summed E-state index contributed by atoms with van der Waals surface area (Å²) in [6.45, 7) is 0. The predicted molar refractivity (Wildman–Crippen MR) is 95.5 cm³/mol. The monoisotopic (exact) mass is 354 g/mol. The predicted octanol–water partition coefficient (Wildman–Crippen LogP) is 3.94. The van der Waals surface area contributed by atoms with Gasteiger partial charge < -0.3 is 10.3 Å². The van der Waals surface area contributed by atoms with E-state index in [0.717, 1.165) is 54.3 Å². The van der Waals surface area contributed by atoms with E-state index in [1.807, 2.05) is 6.07 Å². The minimum atomic E-state index is -1.08. The lowest BCUT2D eigenvalue weighted by Crippen LogP contribution is -2.19. The summed E-state index contributed by atoms with van der Waals surface area (Å²) in [5.41, 5.74) is 2.98. The van der Waals surface area contributed by atoms with Crippen LogP contribution < -0.4 is 10.9 Å². The second-order valence-electron chi connectivity index (χ2n) is 6.46. The van der Waals surface area contributed by atoms with E-state index in [1.165, 1.54) is 6.07 Å². The maximum atomic E-state index is 13.3. The first-order valence-electron chi connectivity index (χ1n) is 8.47. The molecule has 6 heteroatoms. The summed E-state index contributed by atoms with van der Waals surface area (Å²) in [7, 11) is 0. The van der Waals surface area contributed by atoms with Gasteiger partial charge in [-0.1, -0.05) is 6.07 Å². The summed E-state index contributed by atoms with van der Waals surface area (Å²) >= 11 is 0. The molecule has 4 nitrogen and oxygen atoms in total. The van der Waals surface area contributed by atoms with E-state index in [1.54, 1.807) is 12.1 Å². The summed E-state index contributed by atoms with van der Waals surface area (Å²) in [6.07, 6.45) is 3.73. The number of hydrogen-bond donors (Lipinski definition) is 2. The van der Waals surface area contributed by atoms with E-state index >= 15 is 0 Å². The molecular weight excluding hydrogens is 338 g/mol. The molecule has 2 N–H and O–H groups in total. The number of aromatic amines is 1. The summed E-state index contributed by atoms with van der Waals surface area (Å²) in [5.74, 6) is -2.63. The van der Waals surface area contributed by atoms with Crippen molar-refractivity contribution in [2.75, 3.05) is 5.32 Å². The van der Waals surface area contributed by atoms with Crippen LogP contribution in [0.2, 0.25) is 0 Å². The zero-order valence-electron chi connectivity index (χ0n) is 13.9. The minimum absolute atomic E-state index is 0.0166. The lowest BCUT2D eigenvalue weighted by Gasteiger charge is -2.17. The van der Waals surface area contributed by atoms with Gasteiger partial charge in [0.15, 0.2) is 11.6 Å². The Bertz CT molecular complexity index is 1090. The second-order valence-corrected chi connectivity index (χ2v) is 6.46. The third kappa shape index (κ3) is 2.87. The summed E-state index contributed by atoms with van der Waals surface area (Å²) < 4.78 is 26.3. The van der Waals surface area contributed by atoms with E-state index in [-0.39, 0.29) is 11.1 Å². The van der Waals surface area contributed by atoms with Crippen molar-refractivity contribution in [2.24, 2.45) is 0 Å². The van der Waals surface area contributed by atoms with Gasteiger partial charge in [0.25, 0.3) is 11.5 Å². The highest BCUT2D eigenvalue weighted by atomic mass is 19.2. The van der Waals surface area contributed by atoms with Crippen LogP contribution >= 0.6 is 0 Å². The lowest BCUT2D eigenvalue weighted by molar-refractivity contribution is 0.102. The first-order valence-corrected chi connectivity index (χ1v) is 8.47. The molecule has 132 valence electrons. The third-order valence-electron chi connectivity index (χ3n) is 4.77. The molecule has 0 aliphatic heterocycles. The molecule has 0 spiro atoms. The zero-order chi connectivity index (χ0) is 18.3. The van der Waals surface area contributed by atoms with Gasteiger partial charge in [0, 0.05) is 22.2 Å². The number of hydrogen-bond acceptors (Lipinski definition) is 2. The summed E-state index contributed by atoms with van der Waals surface area (Å²) in [6, 6.07) is 8.28. The number of H-pyrrole nitrogens is 1. The highest BCUT2D eigenvalue weighted by molar-refractivity contribution is 6.05. The van der Waals surface area contributed by atoms with Crippen molar-refractivity contribution in [1.29, 1.82) is 0 Å². The molecule has 4 rings (SSSR count). The molecule has 0 unspecified atom stereocenters. The van der Waals surface area contributed by atoms with E-state index in [9.17, 15) is 18.4 Å². The molecular formula is C20H16F2N2O2. The van der Waals surface area contributed by atoms with Gasteiger partial charge in [0.2, 0.25) is 0 Å². The van der Waals surface area contributed by atoms with E-state index in [4.69, 9.17) is 0 Å². The molecule has 0 saturated heterocycles. The molecule has 0 radical (unpaired) electrons. The van der Waals surface area contributed by atoms with Crippen LogP contribution in [0.1, 0.15) is 34.3 Å². The fourth-order valence-electron chi connectivity index (χ4n) is 3.48. The van der Waals surface area contributed by atoms with Gasteiger partial charge in [-0.3, -0.25) is 9.59 Å². The molecule has 1 aliphatic rings. The first-order chi connectivity index (χ1) is 12.5. The Labute approximate surface area is 147 Å². The van der Waals surface area contributed by atoms with Gasteiger partial charge in [-0.25, -0.2) is 8.78 Å². The maximum absolute atomic E-state index is 13.3. The largest absolute Gasteiger partial charge is 0.322 e. The number of carbonyl (C=O) groups is 1. The van der Waals surface area contributed by atoms with Gasteiger partial charge in [-0.2, -0.15) is 0 Å². The Morgan fingerprint density at radius 2 is 1.73 bits per heavy atom. The normalized spacial score (nSPS) is 13.5. The molecule has 0 fully saturated rings. The molecule has 0 bridgehead atoms. The quantitative estimate of drug-likeness (QED) is 0.732. The number of nitrogens with one attached hydrogen (secondary N) is 2. The summed E-state index contributed by atoms with van der Waals surface area (Å²) in [5, 5.41) is 3.62. The smallest absolute Gasteiger partial charge is 0.255 e. The van der Waals surface area contributed by atoms with Crippen molar-refractivity contribution in [1.82, 2.24) is 4.98 Å². The summed E-state index contributed by atoms with van der Waals surface area (Å²) in [4.78, 5) is 27.4. The van der Waals surface area contributed by atoms with E-state index in [0.29, 0.717) is 11.2 Å². The van der Waals surface area contributed by atoms with Crippen molar-refractivity contribution >= 4 is 22.5 Å². The molecule has 26 heavy (non-hydrogen) atoms. The highest BCUT2D eigenvalue weighted by Gasteiger charge is 2.17. The highest BCUT2D eigenvalue weighted by Crippen LogP contribution is 2.27. The Kier molecular flexibility index (Phi) is 4.03. The fraction of sp³-hybridized carbons (Fsp3) is 0.200. The van der Waals surface area contributed by atoms with E-state index in [2.05, 4.69) is 10.3 Å². The molecule has 0 saturated carbocycles. The Morgan fingerprint density at radius 3 is 2.50 bits per heavy atom. The molecule has 0 atom stereocenters. The number of amides is 1. The number of pyridine rings is 1. The molecule has 3 aromatic rings. The molecule has 1 amide bonds. The minimum Gasteiger partial charge on any atom is -0.322 e. The first kappa shape index (κ1) is 16.4. The van der Waals surface area contributed by atoms with Crippen LogP contribution in [0, 0.1) is 11.6 Å². The van der Waals surface area contributed by atoms with Crippen molar-refractivity contribution in [3.63, 3.8) is 0 Å². The van der Waals surface area contributed by atoms with Crippen LogP contribution in [0.25, 0.3) is 10.9 Å². The van der Waals surface area contributed by atoms with Crippen LogP contribution in [0.3, 0.4) is 0 Å². The van der Waals surface area contributed by atoms with Crippen molar-refractivity contribution in [3.05, 3.63) is 75.1 Å². The third-order valence-corrected chi connectivity index (χ3v) is 4.77. The van der Waals surface area contributed by atoms with E-state index < -0.39 is 17.5 Å². The average Bonchev–Trinajstić information content (AvgIpc) is 2.64. The zero-order valence-corrected chi connectivity index (χ0v) is 13.9. The van der Waals surface area contributed by atoms with Crippen LogP contribution in [0.4, 0.5) is 14.5 Å². The van der Waals surface area contributed by atoms with Crippen molar-refractivity contribution < 1.29 is 13.6 Å². The SMILES string of the molecule is O=C(Nc1ccc2c3c(c(=O)[nH]c2c1)CCCC3)c1ccc(F)c(F)c1. The number of rotatable bonds is 2. The Hall–Kier alpha value is -3.02. The lowest BCUT2D eigenvalue weighted by atomic mass is 9.90. The topological polar surface area (TPSA) is 62.0 Å². The standard InChI is InChI=1S/C20H16F2N2O2/c21-16-8-5-11(9-17(16)22)19(25)23-12-6-7-14-13-3-1-2-4-15(13)20(26)24-18(14)10-12/h5-10H,1-4H2,(H,23,25)(H,24,26). The molecule has 1 heterocycles. The van der Waals surface area contributed by atoms with Crippen molar-refractivity contribution in [2.45, 2.75) is 25.7 Å². The Balaban J connectivity index is 1.68. The van der Waals surface area contributed by atoms with Gasteiger partial charge in [0.1, 0.15) is 0 Å². The number of halogens is 2. The van der Waals surface area contributed by atoms with Gasteiger partial charge >= 0.3 is 0 Å². The number of benzene rings is 2. The number of aromatic nitrogens is 1. The second kappa shape index (κ2) is 6.37. The van der Waals surface area contributed by atoms with Crippen molar-refractivity contribution in [3.8, 4) is 0 Å². The van der Waals surface area contributed by atoms with Gasteiger partial charge in [0.05, 0.1) is 5.52 Å². The average molecular weight is 354 g/mol.